The monoisotopic (exact) mass is 404 g/mol. The van der Waals surface area contributed by atoms with Gasteiger partial charge >= 0.3 is 11.9 Å². The number of nitrogens with one attached hydrogen (secondary N) is 3. The molecule has 28 heavy (non-hydrogen) atoms. The van der Waals surface area contributed by atoms with E-state index in [9.17, 15) is 24.0 Å². The first-order valence-electron chi connectivity index (χ1n) is 8.62. The third kappa shape index (κ3) is 8.77. The molecule has 0 saturated heterocycles. The van der Waals surface area contributed by atoms with Crippen molar-refractivity contribution in [2.24, 2.45) is 11.7 Å². The number of carbonyl (C=O) groups is 5. The molecule has 0 bridgehead atoms. The van der Waals surface area contributed by atoms with E-state index in [0.29, 0.717) is 0 Å². The fraction of sp³-hybridized carbons (Fsp3) is 0.688. The lowest BCUT2D eigenvalue weighted by atomic mass is 10.0. The number of aliphatic hydroxyl groups excluding tert-OH is 1. The van der Waals surface area contributed by atoms with Crippen LogP contribution >= 0.6 is 0 Å². The Kier molecular flexibility index (Phi) is 10.7. The number of carboxylic acids is 2. The summed E-state index contributed by atoms with van der Waals surface area (Å²) in [5.74, 6) is -5.43. The number of nitrogens with two attached hydrogens (primary N) is 1. The van der Waals surface area contributed by atoms with Crippen molar-refractivity contribution < 1.29 is 39.3 Å². The maximum absolute atomic E-state index is 12.5. The molecule has 12 nitrogen and oxygen atoms in total. The van der Waals surface area contributed by atoms with Gasteiger partial charge in [0, 0.05) is 6.42 Å². The predicted molar refractivity (Wildman–Crippen MR) is 95.9 cm³/mol. The van der Waals surface area contributed by atoms with Crippen LogP contribution in [0.3, 0.4) is 0 Å². The molecule has 0 heterocycles. The van der Waals surface area contributed by atoms with Crippen LogP contribution in [0.25, 0.3) is 0 Å². The topological polar surface area (TPSA) is 208 Å². The zero-order valence-electron chi connectivity index (χ0n) is 16.0. The van der Waals surface area contributed by atoms with Gasteiger partial charge in [-0.3, -0.25) is 19.2 Å². The van der Waals surface area contributed by atoms with E-state index >= 15 is 0 Å². The summed E-state index contributed by atoms with van der Waals surface area (Å²) < 4.78 is 0. The van der Waals surface area contributed by atoms with E-state index in [-0.39, 0.29) is 12.3 Å². The van der Waals surface area contributed by atoms with E-state index in [1.165, 1.54) is 6.92 Å². The first kappa shape index (κ1) is 25.3. The van der Waals surface area contributed by atoms with Crippen molar-refractivity contribution in [1.29, 1.82) is 0 Å². The van der Waals surface area contributed by atoms with E-state index in [0.717, 1.165) is 0 Å². The Labute approximate surface area is 161 Å². The Morgan fingerprint density at radius 1 is 0.857 bits per heavy atom. The maximum Gasteiger partial charge on any atom is 0.328 e. The zero-order valence-corrected chi connectivity index (χ0v) is 16.0. The second kappa shape index (κ2) is 11.9. The highest BCUT2D eigenvalue weighted by molar-refractivity contribution is 5.94. The average molecular weight is 404 g/mol. The Hall–Kier alpha value is -2.73. The van der Waals surface area contributed by atoms with Crippen LogP contribution in [0.15, 0.2) is 0 Å². The van der Waals surface area contributed by atoms with E-state index in [1.807, 2.05) is 5.32 Å². The molecular weight excluding hydrogens is 376 g/mol. The molecule has 4 atom stereocenters. The van der Waals surface area contributed by atoms with E-state index in [1.54, 1.807) is 13.8 Å². The molecule has 160 valence electrons. The third-order valence-electron chi connectivity index (χ3n) is 3.74. The highest BCUT2D eigenvalue weighted by atomic mass is 16.4. The highest BCUT2D eigenvalue weighted by Gasteiger charge is 2.31. The number of carbonyl (C=O) groups excluding carboxylic acids is 3. The van der Waals surface area contributed by atoms with Gasteiger partial charge in [0.05, 0.1) is 12.6 Å². The molecular formula is C16H28N4O8. The summed E-state index contributed by atoms with van der Waals surface area (Å²) >= 11 is 0. The Morgan fingerprint density at radius 2 is 1.39 bits per heavy atom. The van der Waals surface area contributed by atoms with Gasteiger partial charge in [-0.15, -0.1) is 0 Å². The smallest absolute Gasteiger partial charge is 0.328 e. The van der Waals surface area contributed by atoms with E-state index in [4.69, 9.17) is 21.1 Å². The van der Waals surface area contributed by atoms with Crippen LogP contribution in [-0.4, -0.2) is 75.8 Å². The average Bonchev–Trinajstić information content (AvgIpc) is 2.59. The zero-order chi connectivity index (χ0) is 22.0. The van der Waals surface area contributed by atoms with Crippen LogP contribution < -0.4 is 21.7 Å². The molecule has 0 rings (SSSR count). The molecule has 0 spiro atoms. The number of hydrogen-bond acceptors (Lipinski definition) is 7. The minimum absolute atomic E-state index is 0.323. The molecule has 0 aromatic heterocycles. The van der Waals surface area contributed by atoms with Gasteiger partial charge in [0.1, 0.15) is 18.1 Å². The maximum atomic E-state index is 12.5. The van der Waals surface area contributed by atoms with Crippen molar-refractivity contribution in [2.75, 3.05) is 6.61 Å². The second-order valence-corrected chi connectivity index (χ2v) is 6.59. The van der Waals surface area contributed by atoms with Gasteiger partial charge < -0.3 is 37.0 Å². The molecule has 0 saturated carbocycles. The highest BCUT2D eigenvalue weighted by Crippen LogP contribution is 2.06. The summed E-state index contributed by atoms with van der Waals surface area (Å²) in [4.78, 5) is 58.4. The normalized spacial score (nSPS) is 15.1. The fourth-order valence-corrected chi connectivity index (χ4v) is 2.08. The van der Waals surface area contributed by atoms with Crippen LogP contribution in [0.4, 0.5) is 0 Å². The fourth-order valence-electron chi connectivity index (χ4n) is 2.08. The summed E-state index contributed by atoms with van der Waals surface area (Å²) in [6.07, 6.45) is -0.801. The lowest BCUT2D eigenvalue weighted by Gasteiger charge is -2.26. The number of carboxylic acid groups (broad SMARTS) is 2. The molecule has 0 aliphatic carbocycles. The quantitative estimate of drug-likeness (QED) is 0.181. The molecule has 4 unspecified atom stereocenters. The largest absolute Gasteiger partial charge is 0.481 e. The van der Waals surface area contributed by atoms with Crippen molar-refractivity contribution in [2.45, 2.75) is 57.8 Å². The minimum Gasteiger partial charge on any atom is -0.481 e. The summed E-state index contributed by atoms with van der Waals surface area (Å²) in [6, 6.07) is -4.92. The number of rotatable bonds is 12. The van der Waals surface area contributed by atoms with Crippen LogP contribution in [0.5, 0.6) is 0 Å². The summed E-state index contributed by atoms with van der Waals surface area (Å²) in [5.41, 5.74) is 5.46. The number of aliphatic carboxylic acids is 2. The van der Waals surface area contributed by atoms with Gasteiger partial charge in [-0.1, -0.05) is 13.8 Å². The molecule has 0 radical (unpaired) electrons. The van der Waals surface area contributed by atoms with Crippen LogP contribution in [0.2, 0.25) is 0 Å². The van der Waals surface area contributed by atoms with Gasteiger partial charge in [0.2, 0.25) is 17.7 Å². The van der Waals surface area contributed by atoms with Crippen LogP contribution in [0.1, 0.15) is 33.6 Å². The molecule has 12 heteroatoms. The Bertz CT molecular complexity index is 593. The van der Waals surface area contributed by atoms with E-state index in [2.05, 4.69) is 10.6 Å². The van der Waals surface area contributed by atoms with Crippen molar-refractivity contribution in [3.05, 3.63) is 0 Å². The van der Waals surface area contributed by atoms with Crippen molar-refractivity contribution in [1.82, 2.24) is 16.0 Å². The molecule has 0 aliphatic rings. The molecule has 0 fully saturated rings. The standard InChI is InChI=1S/C16H28N4O8/c1-7(2)12(20-13(24)8(3)17)15(26)18-9(4-5-11(22)23)14(25)19-10(6-21)16(27)28/h7-10,12,21H,4-6,17H2,1-3H3,(H,18,26)(H,19,25)(H,20,24)(H,22,23)(H,27,28). The number of aliphatic hydroxyl groups is 1. The lowest BCUT2D eigenvalue weighted by Crippen LogP contribution is -2.58. The third-order valence-corrected chi connectivity index (χ3v) is 3.74. The van der Waals surface area contributed by atoms with Gasteiger partial charge in [-0.25, -0.2) is 4.79 Å². The molecule has 0 aliphatic heterocycles. The number of amides is 3. The molecule has 3 amide bonds. The predicted octanol–water partition coefficient (Wildman–Crippen LogP) is -2.61. The molecule has 0 aromatic carbocycles. The molecule has 0 aromatic rings. The minimum atomic E-state index is -1.62. The van der Waals surface area contributed by atoms with Crippen molar-refractivity contribution in [3.8, 4) is 0 Å². The van der Waals surface area contributed by atoms with Crippen LogP contribution in [-0.2, 0) is 24.0 Å². The molecule has 8 N–H and O–H groups in total. The summed E-state index contributed by atoms with van der Waals surface area (Å²) in [7, 11) is 0. The second-order valence-electron chi connectivity index (χ2n) is 6.59. The summed E-state index contributed by atoms with van der Waals surface area (Å²) in [6.45, 7) is 3.82. The first-order valence-corrected chi connectivity index (χ1v) is 8.62. The first-order chi connectivity index (χ1) is 12.9. The van der Waals surface area contributed by atoms with Crippen LogP contribution in [0, 0.1) is 5.92 Å². The Morgan fingerprint density at radius 3 is 1.79 bits per heavy atom. The number of hydrogen-bond donors (Lipinski definition) is 7. The van der Waals surface area contributed by atoms with Gasteiger partial charge in [0.15, 0.2) is 0 Å². The van der Waals surface area contributed by atoms with Crippen molar-refractivity contribution >= 4 is 29.7 Å². The van der Waals surface area contributed by atoms with E-state index < -0.39 is 66.9 Å². The van der Waals surface area contributed by atoms with Gasteiger partial charge in [0.25, 0.3) is 0 Å². The van der Waals surface area contributed by atoms with Gasteiger partial charge in [-0.05, 0) is 19.3 Å². The van der Waals surface area contributed by atoms with Gasteiger partial charge in [-0.2, -0.15) is 0 Å². The lowest BCUT2D eigenvalue weighted by molar-refractivity contribution is -0.144. The summed E-state index contributed by atoms with van der Waals surface area (Å²) in [5, 5.41) is 33.5. The Balaban J connectivity index is 5.34. The van der Waals surface area contributed by atoms with Crippen molar-refractivity contribution in [3.63, 3.8) is 0 Å². The SMILES string of the molecule is CC(N)C(=O)NC(C(=O)NC(CCC(=O)O)C(=O)NC(CO)C(=O)O)C(C)C.